The number of hydrogen-bond acceptors (Lipinski definition) is 5. The van der Waals surface area contributed by atoms with Crippen molar-refractivity contribution in [3.63, 3.8) is 0 Å². The molecule has 1 atom stereocenters. The molecule has 0 unspecified atom stereocenters. The highest BCUT2D eigenvalue weighted by Gasteiger charge is 2.31. The zero-order chi connectivity index (χ0) is 16.1. The van der Waals surface area contributed by atoms with E-state index in [1.165, 1.54) is 6.07 Å². The second-order valence-electron chi connectivity index (χ2n) is 5.59. The van der Waals surface area contributed by atoms with E-state index in [0.29, 0.717) is 17.5 Å². The van der Waals surface area contributed by atoms with Crippen molar-refractivity contribution in [2.45, 2.75) is 25.8 Å². The van der Waals surface area contributed by atoms with E-state index in [0.717, 1.165) is 32.6 Å². The first-order valence-corrected chi connectivity index (χ1v) is 7.58. The first kappa shape index (κ1) is 22.7. The minimum absolute atomic E-state index is 0. The molecule has 1 fully saturated rings. The molecule has 1 saturated heterocycles. The maximum atomic E-state index is 11.4. The lowest BCUT2D eigenvalue weighted by atomic mass is 9.95. The van der Waals surface area contributed by atoms with Crippen LogP contribution in [0.5, 0.6) is 5.75 Å². The number of allylic oxidation sites excluding steroid dienone is 1. The Morgan fingerprint density at radius 3 is 2.58 bits per heavy atom. The Morgan fingerprint density at radius 1 is 1.42 bits per heavy atom. The Hall–Kier alpha value is -1.34. The van der Waals surface area contributed by atoms with Crippen LogP contribution in [-0.4, -0.2) is 41.1 Å². The van der Waals surface area contributed by atoms with Crippen molar-refractivity contribution in [1.29, 1.82) is 0 Å². The molecule has 1 aromatic carbocycles. The lowest BCUT2D eigenvalue weighted by molar-refractivity contribution is -0.386. The van der Waals surface area contributed by atoms with Crippen LogP contribution >= 0.6 is 24.8 Å². The monoisotopic (exact) mass is 377 g/mol. The van der Waals surface area contributed by atoms with E-state index in [1.54, 1.807) is 13.0 Å². The molecule has 136 valence electrons. The predicted molar refractivity (Wildman–Crippen MR) is 101 cm³/mol. The van der Waals surface area contributed by atoms with E-state index in [9.17, 15) is 15.2 Å². The SMILES string of the molecule is C=CCC[C@H](c1c([N+](=O)[O-])ccc(C)c1O)N1CCNCC1.Cl.Cl. The number of phenolic OH excluding ortho intramolecular Hbond substituents is 1. The molecular formula is C16H25Cl2N3O3. The van der Waals surface area contributed by atoms with Gasteiger partial charge in [-0.15, -0.1) is 31.4 Å². The number of nitrogens with zero attached hydrogens (tertiary/aromatic N) is 2. The number of phenols is 1. The van der Waals surface area contributed by atoms with Gasteiger partial charge in [-0.25, -0.2) is 0 Å². The molecule has 0 bridgehead atoms. The van der Waals surface area contributed by atoms with Gasteiger partial charge in [0.25, 0.3) is 5.69 Å². The van der Waals surface area contributed by atoms with Gasteiger partial charge in [-0.2, -0.15) is 0 Å². The molecule has 0 spiro atoms. The van der Waals surface area contributed by atoms with E-state index in [2.05, 4.69) is 16.8 Å². The fourth-order valence-corrected chi connectivity index (χ4v) is 2.97. The average molecular weight is 378 g/mol. The highest BCUT2D eigenvalue weighted by Crippen LogP contribution is 2.40. The Kier molecular flexibility index (Phi) is 9.92. The Bertz CT molecular complexity index is 564. The molecule has 1 heterocycles. The van der Waals surface area contributed by atoms with Crippen molar-refractivity contribution in [1.82, 2.24) is 10.2 Å². The zero-order valence-electron chi connectivity index (χ0n) is 13.7. The Labute approximate surface area is 154 Å². The third kappa shape index (κ3) is 5.08. The molecule has 2 N–H and O–H groups in total. The topological polar surface area (TPSA) is 78.6 Å². The molecule has 24 heavy (non-hydrogen) atoms. The third-order valence-electron chi connectivity index (χ3n) is 4.16. The highest BCUT2D eigenvalue weighted by molar-refractivity contribution is 5.85. The van der Waals surface area contributed by atoms with Gasteiger partial charge in [0.1, 0.15) is 5.75 Å². The van der Waals surface area contributed by atoms with E-state index in [1.807, 2.05) is 6.08 Å². The molecule has 6 nitrogen and oxygen atoms in total. The van der Waals surface area contributed by atoms with E-state index in [4.69, 9.17) is 0 Å². The van der Waals surface area contributed by atoms with Crippen molar-refractivity contribution >= 4 is 30.5 Å². The molecule has 2 rings (SSSR count). The smallest absolute Gasteiger partial charge is 0.277 e. The number of piperazine rings is 1. The average Bonchev–Trinajstić information content (AvgIpc) is 2.52. The van der Waals surface area contributed by atoms with Gasteiger partial charge in [-0.1, -0.05) is 6.08 Å². The first-order chi connectivity index (χ1) is 10.6. The van der Waals surface area contributed by atoms with Gasteiger partial charge in [0, 0.05) is 38.3 Å². The highest BCUT2D eigenvalue weighted by atomic mass is 35.5. The van der Waals surface area contributed by atoms with Gasteiger partial charge in [-0.05, 0) is 31.4 Å². The van der Waals surface area contributed by atoms with Crippen molar-refractivity contribution in [3.8, 4) is 5.75 Å². The minimum Gasteiger partial charge on any atom is -0.507 e. The quantitative estimate of drug-likeness (QED) is 0.451. The van der Waals surface area contributed by atoms with Crippen LogP contribution in [-0.2, 0) is 0 Å². The zero-order valence-corrected chi connectivity index (χ0v) is 15.4. The molecule has 0 saturated carbocycles. The molecule has 0 amide bonds. The summed E-state index contributed by atoms with van der Waals surface area (Å²) in [4.78, 5) is 13.2. The first-order valence-electron chi connectivity index (χ1n) is 7.58. The van der Waals surface area contributed by atoms with Gasteiger partial charge in [-0.3, -0.25) is 15.0 Å². The Balaban J connectivity index is 0.00000264. The van der Waals surface area contributed by atoms with Crippen LogP contribution in [0.1, 0.15) is 30.0 Å². The maximum absolute atomic E-state index is 11.4. The molecular weight excluding hydrogens is 353 g/mol. The van der Waals surface area contributed by atoms with Crippen LogP contribution in [0.3, 0.4) is 0 Å². The van der Waals surface area contributed by atoms with Crippen LogP contribution in [0, 0.1) is 17.0 Å². The number of aromatic hydroxyl groups is 1. The minimum atomic E-state index is -0.405. The standard InChI is InChI=1S/C16H23N3O3.2ClH/c1-3-4-5-13(18-10-8-17-9-11-18)15-14(19(21)22)7-6-12(2)16(15)20;;/h3,6-7,13,17,20H,1,4-5,8-11H2,2H3;2*1H/t13-;;/m1../s1. The molecule has 8 heteroatoms. The second-order valence-corrected chi connectivity index (χ2v) is 5.59. The predicted octanol–water partition coefficient (Wildman–Crippen LogP) is 3.36. The largest absolute Gasteiger partial charge is 0.507 e. The number of nitro groups is 1. The summed E-state index contributed by atoms with van der Waals surface area (Å²) in [5.74, 6) is 0.0433. The lowest BCUT2D eigenvalue weighted by Crippen LogP contribution is -2.45. The van der Waals surface area contributed by atoms with Crippen LogP contribution in [0.25, 0.3) is 0 Å². The van der Waals surface area contributed by atoms with Crippen molar-refractivity contribution in [2.24, 2.45) is 0 Å². The Morgan fingerprint density at radius 2 is 2.04 bits per heavy atom. The number of aryl methyl sites for hydroxylation is 1. The van der Waals surface area contributed by atoms with Crippen molar-refractivity contribution in [2.75, 3.05) is 26.2 Å². The van der Waals surface area contributed by atoms with Gasteiger partial charge < -0.3 is 10.4 Å². The second kappa shape index (κ2) is 10.5. The number of nitro benzene ring substituents is 1. The van der Waals surface area contributed by atoms with Crippen molar-refractivity contribution in [3.05, 3.63) is 46.0 Å². The van der Waals surface area contributed by atoms with E-state index in [-0.39, 0.29) is 42.3 Å². The number of halogens is 2. The number of rotatable bonds is 6. The van der Waals surface area contributed by atoms with E-state index >= 15 is 0 Å². The summed E-state index contributed by atoms with van der Waals surface area (Å²) in [6.45, 7) is 8.84. The summed E-state index contributed by atoms with van der Waals surface area (Å²) in [7, 11) is 0. The summed E-state index contributed by atoms with van der Waals surface area (Å²) < 4.78 is 0. The van der Waals surface area contributed by atoms with Crippen molar-refractivity contribution < 1.29 is 10.0 Å². The van der Waals surface area contributed by atoms with Crippen LogP contribution in [0.2, 0.25) is 0 Å². The molecule has 0 aliphatic carbocycles. The fraction of sp³-hybridized carbons (Fsp3) is 0.500. The molecule has 0 aromatic heterocycles. The normalized spacial score (nSPS) is 15.7. The fourth-order valence-electron chi connectivity index (χ4n) is 2.97. The lowest BCUT2D eigenvalue weighted by Gasteiger charge is -2.35. The molecule has 1 aliphatic rings. The number of benzene rings is 1. The summed E-state index contributed by atoms with van der Waals surface area (Å²) in [5, 5.41) is 25.1. The van der Waals surface area contributed by atoms with Gasteiger partial charge in [0.15, 0.2) is 0 Å². The summed E-state index contributed by atoms with van der Waals surface area (Å²) in [6, 6.07) is 2.92. The van der Waals surface area contributed by atoms with Gasteiger partial charge >= 0.3 is 0 Å². The van der Waals surface area contributed by atoms with Crippen LogP contribution < -0.4 is 5.32 Å². The number of hydrogen-bond donors (Lipinski definition) is 2. The third-order valence-corrected chi connectivity index (χ3v) is 4.16. The molecule has 0 radical (unpaired) electrons. The maximum Gasteiger partial charge on any atom is 0.277 e. The van der Waals surface area contributed by atoms with Crippen LogP contribution in [0.15, 0.2) is 24.8 Å². The van der Waals surface area contributed by atoms with Gasteiger partial charge in [0.2, 0.25) is 0 Å². The molecule has 1 aromatic rings. The van der Waals surface area contributed by atoms with Gasteiger partial charge in [0.05, 0.1) is 10.5 Å². The summed E-state index contributed by atoms with van der Waals surface area (Å²) in [6.07, 6.45) is 3.27. The number of nitrogens with one attached hydrogen (secondary N) is 1. The van der Waals surface area contributed by atoms with E-state index < -0.39 is 4.92 Å². The van der Waals surface area contributed by atoms with Crippen LogP contribution in [0.4, 0.5) is 5.69 Å². The summed E-state index contributed by atoms with van der Waals surface area (Å²) >= 11 is 0. The molecule has 1 aliphatic heterocycles. The summed E-state index contributed by atoms with van der Waals surface area (Å²) in [5.41, 5.74) is 1.10.